The summed E-state index contributed by atoms with van der Waals surface area (Å²) in [6.45, 7) is 6.92. The highest BCUT2D eigenvalue weighted by Crippen LogP contribution is 2.27. The van der Waals surface area contributed by atoms with E-state index in [1.165, 1.54) is 6.08 Å². The SMILES string of the molecule is C=C(/C=C(\N=CC)c1cnc(CCCCN2CCC(F)(F)CC2)cn1)C(=O)O. The van der Waals surface area contributed by atoms with Crippen molar-refractivity contribution in [2.75, 3.05) is 19.6 Å². The van der Waals surface area contributed by atoms with Gasteiger partial charge in [0.25, 0.3) is 5.92 Å². The quantitative estimate of drug-likeness (QED) is 0.301. The number of nitrogens with zero attached hydrogens (tertiary/aromatic N) is 4. The predicted octanol–water partition coefficient (Wildman–Crippen LogP) is 3.60. The lowest BCUT2D eigenvalue weighted by Gasteiger charge is -2.31. The highest BCUT2D eigenvalue weighted by atomic mass is 19.3. The molecule has 28 heavy (non-hydrogen) atoms. The van der Waals surface area contributed by atoms with E-state index in [4.69, 9.17) is 5.11 Å². The summed E-state index contributed by atoms with van der Waals surface area (Å²) in [7, 11) is 0. The van der Waals surface area contributed by atoms with Gasteiger partial charge < -0.3 is 10.0 Å². The molecule has 0 spiro atoms. The van der Waals surface area contributed by atoms with Gasteiger partial charge in [0, 0.05) is 38.3 Å². The molecule has 0 saturated carbocycles. The van der Waals surface area contributed by atoms with Crippen LogP contribution < -0.4 is 0 Å². The Labute approximate surface area is 163 Å². The second kappa shape index (κ2) is 10.2. The van der Waals surface area contributed by atoms with Crippen molar-refractivity contribution in [2.24, 2.45) is 4.99 Å². The van der Waals surface area contributed by atoms with Crippen molar-refractivity contribution < 1.29 is 18.7 Å². The molecule has 2 heterocycles. The first-order chi connectivity index (χ1) is 13.3. The zero-order valence-corrected chi connectivity index (χ0v) is 16.1. The fraction of sp³-hybridized carbons (Fsp3) is 0.500. The van der Waals surface area contributed by atoms with Crippen molar-refractivity contribution in [3.05, 3.63) is 42.0 Å². The van der Waals surface area contributed by atoms with E-state index in [0.717, 1.165) is 31.5 Å². The molecule has 1 aromatic rings. The fourth-order valence-electron chi connectivity index (χ4n) is 2.90. The predicted molar refractivity (Wildman–Crippen MR) is 105 cm³/mol. The van der Waals surface area contributed by atoms with Crippen molar-refractivity contribution in [3.8, 4) is 0 Å². The number of halogens is 2. The lowest BCUT2D eigenvalue weighted by Crippen LogP contribution is -2.39. The summed E-state index contributed by atoms with van der Waals surface area (Å²) in [5.74, 6) is -3.62. The van der Waals surface area contributed by atoms with Crippen LogP contribution in [0.3, 0.4) is 0 Å². The number of aliphatic imine (C=N–C) groups is 1. The smallest absolute Gasteiger partial charge is 0.335 e. The van der Waals surface area contributed by atoms with Gasteiger partial charge in [0.05, 0.1) is 23.2 Å². The summed E-state index contributed by atoms with van der Waals surface area (Å²) >= 11 is 0. The zero-order chi connectivity index (χ0) is 20.6. The highest BCUT2D eigenvalue weighted by Gasteiger charge is 2.33. The molecule has 0 amide bonds. The van der Waals surface area contributed by atoms with Gasteiger partial charge in [-0.2, -0.15) is 0 Å². The maximum absolute atomic E-state index is 13.1. The molecule has 0 bridgehead atoms. The number of carboxylic acids is 1. The normalized spacial score (nSPS) is 17.8. The number of alkyl halides is 2. The van der Waals surface area contributed by atoms with Gasteiger partial charge in [-0.05, 0) is 38.8 Å². The molecule has 1 saturated heterocycles. The van der Waals surface area contributed by atoms with Crippen LogP contribution in [0.4, 0.5) is 8.78 Å². The van der Waals surface area contributed by atoms with E-state index < -0.39 is 11.9 Å². The number of hydrogen-bond acceptors (Lipinski definition) is 5. The van der Waals surface area contributed by atoms with Gasteiger partial charge >= 0.3 is 5.97 Å². The Hall–Kier alpha value is -2.48. The number of aryl methyl sites for hydroxylation is 1. The number of carbonyl (C=O) groups is 1. The van der Waals surface area contributed by atoms with E-state index in [2.05, 4.69) is 26.4 Å². The van der Waals surface area contributed by atoms with Crippen LogP contribution in [0.5, 0.6) is 0 Å². The zero-order valence-electron chi connectivity index (χ0n) is 16.1. The molecule has 0 atom stereocenters. The lowest BCUT2D eigenvalue weighted by molar-refractivity contribution is -0.132. The molecule has 0 aromatic carbocycles. The van der Waals surface area contributed by atoms with E-state index in [0.29, 0.717) is 24.5 Å². The van der Waals surface area contributed by atoms with Crippen LogP contribution in [-0.2, 0) is 11.2 Å². The number of aromatic nitrogens is 2. The van der Waals surface area contributed by atoms with Crippen molar-refractivity contribution in [3.63, 3.8) is 0 Å². The van der Waals surface area contributed by atoms with Crippen LogP contribution in [-0.4, -0.2) is 57.7 Å². The number of piperidine rings is 1. The molecule has 1 aromatic heterocycles. The molecule has 152 valence electrons. The first kappa shape index (κ1) is 21.8. The Bertz CT molecular complexity index is 735. The van der Waals surface area contributed by atoms with Gasteiger partial charge in [0.15, 0.2) is 0 Å². The Morgan fingerprint density at radius 3 is 2.61 bits per heavy atom. The average Bonchev–Trinajstić information content (AvgIpc) is 2.66. The lowest BCUT2D eigenvalue weighted by atomic mass is 10.1. The summed E-state index contributed by atoms with van der Waals surface area (Å²) < 4.78 is 26.3. The van der Waals surface area contributed by atoms with Crippen molar-refractivity contribution in [1.29, 1.82) is 0 Å². The third-order valence-electron chi connectivity index (χ3n) is 4.57. The van der Waals surface area contributed by atoms with E-state index in [-0.39, 0.29) is 18.4 Å². The maximum atomic E-state index is 13.1. The number of hydrogen-bond donors (Lipinski definition) is 1. The minimum Gasteiger partial charge on any atom is -0.478 e. The third kappa shape index (κ3) is 6.92. The van der Waals surface area contributed by atoms with Gasteiger partial charge in [0.2, 0.25) is 0 Å². The van der Waals surface area contributed by atoms with Crippen LogP contribution >= 0.6 is 0 Å². The number of rotatable bonds is 9. The Morgan fingerprint density at radius 2 is 2.04 bits per heavy atom. The first-order valence-corrected chi connectivity index (χ1v) is 9.35. The first-order valence-electron chi connectivity index (χ1n) is 9.35. The molecule has 0 aliphatic carbocycles. The van der Waals surface area contributed by atoms with E-state index in [1.807, 2.05) is 0 Å². The molecule has 1 aliphatic heterocycles. The minimum absolute atomic E-state index is 0.0513. The highest BCUT2D eigenvalue weighted by molar-refractivity contribution is 5.92. The summed E-state index contributed by atoms with van der Waals surface area (Å²) in [6, 6.07) is 0. The number of aliphatic carboxylic acids is 1. The van der Waals surface area contributed by atoms with Crippen molar-refractivity contribution in [2.45, 2.75) is 45.0 Å². The van der Waals surface area contributed by atoms with E-state index in [1.54, 1.807) is 25.5 Å². The Kier molecular flexibility index (Phi) is 7.92. The molecule has 2 rings (SSSR count). The summed E-state index contributed by atoms with van der Waals surface area (Å²) in [5.41, 5.74) is 1.60. The van der Waals surface area contributed by atoms with Crippen LogP contribution in [0.2, 0.25) is 0 Å². The Morgan fingerprint density at radius 1 is 1.32 bits per heavy atom. The van der Waals surface area contributed by atoms with Crippen LogP contribution in [0, 0.1) is 0 Å². The second-order valence-corrected chi connectivity index (χ2v) is 6.79. The standard InChI is InChI=1S/C20H26F2N4O2/c1-3-23-17(12-15(2)19(27)28)18-14-24-16(13-25-18)6-4-5-9-26-10-7-20(21,22)8-11-26/h3,12-14H,2,4-11H2,1H3,(H,27,28)/b17-12-,23-3?. The minimum atomic E-state index is -2.50. The number of carboxylic acid groups (broad SMARTS) is 1. The number of likely N-dealkylation sites (tertiary alicyclic amines) is 1. The molecule has 1 fully saturated rings. The van der Waals surface area contributed by atoms with Gasteiger partial charge in [-0.15, -0.1) is 0 Å². The molecule has 1 aliphatic rings. The molecular weight excluding hydrogens is 366 g/mol. The Balaban J connectivity index is 1.83. The van der Waals surface area contributed by atoms with Gasteiger partial charge in [0.1, 0.15) is 5.69 Å². The van der Waals surface area contributed by atoms with E-state index in [9.17, 15) is 13.6 Å². The van der Waals surface area contributed by atoms with Gasteiger partial charge in [-0.3, -0.25) is 15.0 Å². The second-order valence-electron chi connectivity index (χ2n) is 6.79. The molecule has 0 unspecified atom stereocenters. The van der Waals surface area contributed by atoms with Crippen LogP contribution in [0.25, 0.3) is 5.70 Å². The molecule has 6 nitrogen and oxygen atoms in total. The topological polar surface area (TPSA) is 78.7 Å². The summed E-state index contributed by atoms with van der Waals surface area (Å²) in [6.07, 6.45) is 8.58. The van der Waals surface area contributed by atoms with E-state index >= 15 is 0 Å². The average molecular weight is 392 g/mol. The summed E-state index contributed by atoms with van der Waals surface area (Å²) in [5, 5.41) is 8.96. The fourth-order valence-corrected chi connectivity index (χ4v) is 2.90. The van der Waals surface area contributed by atoms with Gasteiger partial charge in [-0.25, -0.2) is 13.6 Å². The largest absolute Gasteiger partial charge is 0.478 e. The molecule has 0 radical (unpaired) electrons. The van der Waals surface area contributed by atoms with Crippen LogP contribution in [0.1, 0.15) is 44.0 Å². The summed E-state index contributed by atoms with van der Waals surface area (Å²) in [4.78, 5) is 25.9. The third-order valence-corrected chi connectivity index (χ3v) is 4.57. The molecular formula is C20H26F2N4O2. The monoisotopic (exact) mass is 392 g/mol. The maximum Gasteiger partial charge on any atom is 0.335 e. The molecule has 8 heteroatoms. The van der Waals surface area contributed by atoms with Crippen molar-refractivity contribution >= 4 is 17.9 Å². The van der Waals surface area contributed by atoms with Crippen LogP contribution in [0.15, 0.2) is 35.6 Å². The molecule has 1 N–H and O–H groups in total. The van der Waals surface area contributed by atoms with Crippen molar-refractivity contribution in [1.82, 2.24) is 14.9 Å². The van der Waals surface area contributed by atoms with Gasteiger partial charge in [-0.1, -0.05) is 6.58 Å². The number of unbranched alkanes of at least 4 members (excludes halogenated alkanes) is 1.